The van der Waals surface area contributed by atoms with E-state index in [2.05, 4.69) is 29.6 Å². The summed E-state index contributed by atoms with van der Waals surface area (Å²) in [6.45, 7) is 7.69. The van der Waals surface area contributed by atoms with Crippen molar-refractivity contribution in [1.29, 1.82) is 0 Å². The Kier molecular flexibility index (Phi) is 5.20. The van der Waals surface area contributed by atoms with Crippen LogP contribution in [-0.4, -0.2) is 14.9 Å². The van der Waals surface area contributed by atoms with Crippen LogP contribution in [0, 0.1) is 13.8 Å². The fourth-order valence-electron chi connectivity index (χ4n) is 2.20. The summed E-state index contributed by atoms with van der Waals surface area (Å²) in [4.78, 5) is 0. The average molecular weight is 323 g/mol. The molecule has 0 aliphatic rings. The van der Waals surface area contributed by atoms with Crippen LogP contribution in [0.2, 0.25) is 5.02 Å². The second-order valence-corrected chi connectivity index (χ2v) is 5.57. The summed E-state index contributed by atoms with van der Waals surface area (Å²) < 4.78 is 2.00. The van der Waals surface area contributed by atoms with E-state index in [1.54, 1.807) is 0 Å². The number of nitrogens with one attached hydrogen (secondary N) is 2. The number of aromatic nitrogens is 2. The highest BCUT2D eigenvalue weighted by atomic mass is 35.5. The minimum absolute atomic E-state index is 0.547. The quantitative estimate of drug-likeness (QED) is 0.843. The zero-order valence-electron chi connectivity index (χ0n) is 12.4. The molecule has 0 radical (unpaired) electrons. The molecule has 0 saturated heterocycles. The summed E-state index contributed by atoms with van der Waals surface area (Å²) in [5.74, 6) is 0. The molecule has 2 rings (SSSR count). The summed E-state index contributed by atoms with van der Waals surface area (Å²) >= 11 is 11.4. The molecule has 0 fully saturated rings. The molecule has 0 atom stereocenters. The molecule has 2 aromatic rings. The predicted octanol–water partition coefficient (Wildman–Crippen LogP) is 3.66. The zero-order chi connectivity index (χ0) is 15.4. The third kappa shape index (κ3) is 3.74. The largest absolute Gasteiger partial charge is 0.358 e. The minimum atomic E-state index is 0.547. The van der Waals surface area contributed by atoms with E-state index in [9.17, 15) is 0 Å². The van der Waals surface area contributed by atoms with Gasteiger partial charge in [0.25, 0.3) is 0 Å². The van der Waals surface area contributed by atoms with E-state index >= 15 is 0 Å². The van der Waals surface area contributed by atoms with Gasteiger partial charge in [0, 0.05) is 24.3 Å². The van der Waals surface area contributed by atoms with Gasteiger partial charge in [-0.15, -0.1) is 0 Å². The van der Waals surface area contributed by atoms with Crippen LogP contribution >= 0.6 is 23.8 Å². The van der Waals surface area contributed by atoms with Crippen molar-refractivity contribution < 1.29 is 0 Å². The van der Waals surface area contributed by atoms with E-state index in [0.29, 0.717) is 16.7 Å². The van der Waals surface area contributed by atoms with Crippen LogP contribution in [0.5, 0.6) is 0 Å². The first-order chi connectivity index (χ1) is 10.0. The van der Waals surface area contributed by atoms with Crippen molar-refractivity contribution >= 4 is 34.6 Å². The Morgan fingerprint density at radius 1 is 1.33 bits per heavy atom. The van der Waals surface area contributed by atoms with Gasteiger partial charge in [-0.1, -0.05) is 23.7 Å². The highest BCUT2D eigenvalue weighted by Crippen LogP contribution is 2.20. The zero-order valence-corrected chi connectivity index (χ0v) is 14.0. The molecule has 0 amide bonds. The smallest absolute Gasteiger partial charge is 0.171 e. The fraction of sp³-hybridized carbons (Fsp3) is 0.333. The summed E-state index contributed by atoms with van der Waals surface area (Å²) in [6, 6.07) is 7.51. The number of hydrogen-bond acceptors (Lipinski definition) is 2. The van der Waals surface area contributed by atoms with Crippen LogP contribution in [0.3, 0.4) is 0 Å². The van der Waals surface area contributed by atoms with E-state index in [0.717, 1.165) is 17.9 Å². The molecule has 1 aromatic carbocycles. The number of hydrogen-bond donors (Lipinski definition) is 2. The van der Waals surface area contributed by atoms with Crippen LogP contribution in [0.4, 0.5) is 5.69 Å². The highest BCUT2D eigenvalue weighted by molar-refractivity contribution is 7.80. The number of para-hydroxylation sites is 1. The van der Waals surface area contributed by atoms with Crippen LogP contribution in [-0.2, 0) is 13.1 Å². The third-order valence-electron chi connectivity index (χ3n) is 3.38. The molecule has 21 heavy (non-hydrogen) atoms. The van der Waals surface area contributed by atoms with Gasteiger partial charge in [-0.05, 0) is 45.1 Å². The van der Waals surface area contributed by atoms with E-state index in [1.165, 1.54) is 11.3 Å². The maximum atomic E-state index is 6.09. The first-order valence-electron chi connectivity index (χ1n) is 6.85. The van der Waals surface area contributed by atoms with Crippen LogP contribution in [0.25, 0.3) is 0 Å². The molecule has 4 nitrogen and oxygen atoms in total. The van der Waals surface area contributed by atoms with E-state index in [-0.39, 0.29) is 0 Å². The Balaban J connectivity index is 1.99. The van der Waals surface area contributed by atoms with Gasteiger partial charge < -0.3 is 10.6 Å². The Morgan fingerprint density at radius 3 is 2.67 bits per heavy atom. The van der Waals surface area contributed by atoms with Gasteiger partial charge in [0.05, 0.1) is 16.4 Å². The number of anilines is 1. The topological polar surface area (TPSA) is 41.9 Å². The van der Waals surface area contributed by atoms with Crippen molar-refractivity contribution in [2.24, 2.45) is 0 Å². The lowest BCUT2D eigenvalue weighted by molar-refractivity contribution is 0.633. The summed E-state index contributed by atoms with van der Waals surface area (Å²) in [6.07, 6.45) is 0. The Morgan fingerprint density at radius 2 is 2.05 bits per heavy atom. The second kappa shape index (κ2) is 6.91. The van der Waals surface area contributed by atoms with Crippen LogP contribution < -0.4 is 10.6 Å². The van der Waals surface area contributed by atoms with Crippen LogP contribution in [0.1, 0.15) is 23.9 Å². The number of nitrogens with zero attached hydrogens (tertiary/aromatic N) is 2. The lowest BCUT2D eigenvalue weighted by atomic mass is 10.2. The monoisotopic (exact) mass is 322 g/mol. The van der Waals surface area contributed by atoms with Gasteiger partial charge in [0.1, 0.15) is 0 Å². The molecule has 6 heteroatoms. The molecule has 1 heterocycles. The van der Waals surface area contributed by atoms with Crippen molar-refractivity contribution in [1.82, 2.24) is 15.1 Å². The first-order valence-corrected chi connectivity index (χ1v) is 7.63. The van der Waals surface area contributed by atoms with Crippen molar-refractivity contribution in [3.05, 3.63) is 46.2 Å². The number of benzene rings is 1. The molecule has 112 valence electrons. The normalized spacial score (nSPS) is 10.5. The van der Waals surface area contributed by atoms with Crippen molar-refractivity contribution in [2.75, 3.05) is 5.32 Å². The average Bonchev–Trinajstić information content (AvgIpc) is 2.74. The number of rotatable bonds is 4. The van der Waals surface area contributed by atoms with E-state index in [4.69, 9.17) is 23.8 Å². The lowest BCUT2D eigenvalue weighted by Gasteiger charge is -2.12. The van der Waals surface area contributed by atoms with Gasteiger partial charge >= 0.3 is 0 Å². The molecule has 0 aliphatic carbocycles. The van der Waals surface area contributed by atoms with Gasteiger partial charge in [-0.3, -0.25) is 4.68 Å². The number of aryl methyl sites for hydroxylation is 2. The van der Waals surface area contributed by atoms with Crippen molar-refractivity contribution in [3.8, 4) is 0 Å². The molecule has 0 spiro atoms. The molecular weight excluding hydrogens is 304 g/mol. The Hall–Kier alpha value is -1.59. The fourth-order valence-corrected chi connectivity index (χ4v) is 2.56. The second-order valence-electron chi connectivity index (χ2n) is 4.75. The molecule has 2 N–H and O–H groups in total. The van der Waals surface area contributed by atoms with Crippen LogP contribution in [0.15, 0.2) is 24.3 Å². The molecule has 0 saturated carbocycles. The predicted molar refractivity (Wildman–Crippen MR) is 91.9 cm³/mol. The molecular formula is C15H19ClN4S. The number of halogens is 1. The summed E-state index contributed by atoms with van der Waals surface area (Å²) in [5.41, 5.74) is 4.18. The molecule has 0 aliphatic heterocycles. The van der Waals surface area contributed by atoms with Gasteiger partial charge in [0.2, 0.25) is 0 Å². The molecule has 1 aromatic heterocycles. The maximum absolute atomic E-state index is 6.09. The van der Waals surface area contributed by atoms with Gasteiger partial charge in [-0.2, -0.15) is 5.10 Å². The SMILES string of the molecule is CCn1nc(C)c(CNC(=S)Nc2ccccc2Cl)c1C. The highest BCUT2D eigenvalue weighted by Gasteiger charge is 2.10. The molecule has 0 unspecified atom stereocenters. The van der Waals surface area contributed by atoms with Crippen molar-refractivity contribution in [3.63, 3.8) is 0 Å². The lowest BCUT2D eigenvalue weighted by Crippen LogP contribution is -2.28. The first kappa shape index (κ1) is 15.8. The van der Waals surface area contributed by atoms with E-state index in [1.807, 2.05) is 35.9 Å². The summed E-state index contributed by atoms with van der Waals surface area (Å²) in [5, 5.41) is 12.0. The Bertz CT molecular complexity index is 651. The third-order valence-corrected chi connectivity index (χ3v) is 3.95. The summed E-state index contributed by atoms with van der Waals surface area (Å²) in [7, 11) is 0. The minimum Gasteiger partial charge on any atom is -0.358 e. The Labute approximate surface area is 135 Å². The maximum Gasteiger partial charge on any atom is 0.171 e. The van der Waals surface area contributed by atoms with E-state index < -0.39 is 0 Å². The van der Waals surface area contributed by atoms with Gasteiger partial charge in [0.15, 0.2) is 5.11 Å². The van der Waals surface area contributed by atoms with Gasteiger partial charge in [-0.25, -0.2) is 0 Å². The number of thiocarbonyl (C=S) groups is 1. The molecule has 0 bridgehead atoms. The standard InChI is InChI=1S/C15H19ClN4S/c1-4-20-11(3)12(10(2)19-20)9-17-15(21)18-14-8-6-5-7-13(14)16/h5-8H,4,9H2,1-3H3,(H2,17,18,21). The van der Waals surface area contributed by atoms with Crippen molar-refractivity contribution in [2.45, 2.75) is 33.9 Å².